The number of aromatic hydroxyl groups is 1. The van der Waals surface area contributed by atoms with Crippen molar-refractivity contribution >= 4 is 11.6 Å². The number of phenolic OH excluding ortho intramolecular Hbond substituents is 1. The molecule has 0 bridgehead atoms. The first-order valence-corrected chi connectivity index (χ1v) is 10.0. The Morgan fingerprint density at radius 3 is 2.24 bits per heavy atom. The lowest BCUT2D eigenvalue weighted by atomic mass is 10.0. The van der Waals surface area contributed by atoms with Crippen molar-refractivity contribution in [3.63, 3.8) is 0 Å². The average Bonchev–Trinajstić information content (AvgIpc) is 2.73. The number of halogens is 1. The molecule has 29 heavy (non-hydrogen) atoms. The third kappa shape index (κ3) is 6.31. The van der Waals surface area contributed by atoms with Crippen LogP contribution in [0.15, 0.2) is 78.9 Å². The number of aliphatic hydroxyl groups excluding tert-OH is 2. The van der Waals surface area contributed by atoms with Gasteiger partial charge in [-0.1, -0.05) is 66.2 Å². The summed E-state index contributed by atoms with van der Waals surface area (Å²) in [6.45, 7) is 0.913. The molecule has 0 fully saturated rings. The Bertz CT molecular complexity index is 886. The molecule has 0 saturated carbocycles. The van der Waals surface area contributed by atoms with E-state index in [0.717, 1.165) is 16.7 Å². The largest absolute Gasteiger partial charge is 0.508 e. The molecule has 0 heterocycles. The summed E-state index contributed by atoms with van der Waals surface area (Å²) in [6.07, 6.45) is -0.127. The molecule has 4 nitrogen and oxygen atoms in total. The lowest BCUT2D eigenvalue weighted by Gasteiger charge is -2.32. The zero-order chi connectivity index (χ0) is 20.6. The molecule has 3 rings (SSSR count). The summed E-state index contributed by atoms with van der Waals surface area (Å²) in [7, 11) is 0. The van der Waals surface area contributed by atoms with E-state index in [1.807, 2.05) is 54.6 Å². The van der Waals surface area contributed by atoms with Crippen LogP contribution >= 0.6 is 11.6 Å². The Kier molecular flexibility index (Phi) is 7.67. The Morgan fingerprint density at radius 2 is 1.59 bits per heavy atom. The van der Waals surface area contributed by atoms with Gasteiger partial charge in [0.1, 0.15) is 5.75 Å². The number of hydrogen-bond acceptors (Lipinski definition) is 4. The molecular weight excluding hydrogens is 386 g/mol. The number of rotatable bonds is 9. The van der Waals surface area contributed by atoms with E-state index >= 15 is 0 Å². The van der Waals surface area contributed by atoms with Crippen molar-refractivity contribution in [3.05, 3.63) is 101 Å². The van der Waals surface area contributed by atoms with Gasteiger partial charge < -0.3 is 15.3 Å². The Labute approximate surface area is 176 Å². The molecule has 0 spiro atoms. The van der Waals surface area contributed by atoms with Crippen LogP contribution in [0.4, 0.5) is 0 Å². The van der Waals surface area contributed by atoms with Crippen LogP contribution in [0.3, 0.4) is 0 Å². The first-order chi connectivity index (χ1) is 14.0. The summed E-state index contributed by atoms with van der Waals surface area (Å²) in [5, 5.41) is 31.0. The van der Waals surface area contributed by atoms with Crippen LogP contribution in [0.1, 0.15) is 22.8 Å². The highest BCUT2D eigenvalue weighted by Gasteiger charge is 2.22. The smallest absolute Gasteiger partial charge is 0.115 e. The molecule has 0 aliphatic carbocycles. The fourth-order valence-electron chi connectivity index (χ4n) is 3.42. The molecule has 0 aliphatic rings. The van der Waals surface area contributed by atoms with Gasteiger partial charge in [-0.05, 0) is 47.4 Å². The van der Waals surface area contributed by atoms with Crippen molar-refractivity contribution < 1.29 is 15.3 Å². The van der Waals surface area contributed by atoms with E-state index in [0.29, 0.717) is 24.5 Å². The van der Waals surface area contributed by atoms with Crippen LogP contribution in [0.2, 0.25) is 5.02 Å². The molecule has 3 aromatic carbocycles. The van der Waals surface area contributed by atoms with Gasteiger partial charge in [0.2, 0.25) is 0 Å². The Hall–Kier alpha value is -2.37. The van der Waals surface area contributed by atoms with Gasteiger partial charge in [0.05, 0.1) is 12.7 Å². The minimum Gasteiger partial charge on any atom is -0.508 e. The first kappa shape index (κ1) is 21.3. The molecule has 0 saturated heterocycles. The van der Waals surface area contributed by atoms with Gasteiger partial charge in [-0.2, -0.15) is 0 Å². The number of nitrogens with zero attached hydrogens (tertiary/aromatic N) is 1. The SMILES string of the molecule is OC[C@H](Cc1ccc(O)cc1)N(Cc1ccccc1)C[C@@H](O)c1cccc(Cl)c1. The summed E-state index contributed by atoms with van der Waals surface area (Å²) in [4.78, 5) is 2.09. The molecule has 2 atom stereocenters. The molecule has 152 valence electrons. The van der Waals surface area contributed by atoms with Crippen LogP contribution in [-0.4, -0.2) is 39.4 Å². The highest BCUT2D eigenvalue weighted by Crippen LogP contribution is 2.22. The van der Waals surface area contributed by atoms with Crippen LogP contribution < -0.4 is 0 Å². The summed E-state index contributed by atoms with van der Waals surface area (Å²) in [5.41, 5.74) is 2.86. The van der Waals surface area contributed by atoms with Crippen LogP contribution in [0.25, 0.3) is 0 Å². The van der Waals surface area contributed by atoms with Gasteiger partial charge in [-0.3, -0.25) is 4.90 Å². The predicted molar refractivity (Wildman–Crippen MR) is 116 cm³/mol. The second kappa shape index (κ2) is 10.4. The number of hydrogen-bond donors (Lipinski definition) is 3. The number of phenols is 1. The summed E-state index contributed by atoms with van der Waals surface area (Å²) >= 11 is 6.08. The van der Waals surface area contributed by atoms with Crippen molar-refractivity contribution in [3.8, 4) is 5.75 Å². The van der Waals surface area contributed by atoms with E-state index in [-0.39, 0.29) is 18.4 Å². The van der Waals surface area contributed by atoms with Gasteiger partial charge in [0, 0.05) is 24.2 Å². The standard InChI is InChI=1S/C24H26ClNO3/c25-21-8-4-7-20(14-21)24(29)16-26(15-19-5-2-1-3-6-19)22(17-27)13-18-9-11-23(28)12-10-18/h1-12,14,22,24,27-29H,13,15-17H2/t22-,24+/m0/s1. The summed E-state index contributed by atoms with van der Waals surface area (Å²) in [6, 6.07) is 24.0. The van der Waals surface area contributed by atoms with E-state index in [1.165, 1.54) is 0 Å². The normalized spacial score (nSPS) is 13.4. The van der Waals surface area contributed by atoms with Crippen molar-refractivity contribution in [1.29, 1.82) is 0 Å². The van der Waals surface area contributed by atoms with Gasteiger partial charge in [0.25, 0.3) is 0 Å². The Morgan fingerprint density at radius 1 is 0.862 bits per heavy atom. The molecular formula is C24H26ClNO3. The number of benzene rings is 3. The molecule has 0 radical (unpaired) electrons. The lowest BCUT2D eigenvalue weighted by Crippen LogP contribution is -2.41. The average molecular weight is 412 g/mol. The minimum absolute atomic E-state index is 0.0457. The van der Waals surface area contributed by atoms with E-state index < -0.39 is 6.10 Å². The summed E-state index contributed by atoms with van der Waals surface area (Å²) < 4.78 is 0. The van der Waals surface area contributed by atoms with Crippen molar-refractivity contribution in [2.24, 2.45) is 0 Å². The second-order valence-corrected chi connectivity index (χ2v) is 7.63. The van der Waals surface area contributed by atoms with Crippen molar-refractivity contribution in [1.82, 2.24) is 4.90 Å². The van der Waals surface area contributed by atoms with Crippen LogP contribution in [-0.2, 0) is 13.0 Å². The third-order valence-corrected chi connectivity index (χ3v) is 5.24. The zero-order valence-corrected chi connectivity index (χ0v) is 16.9. The van der Waals surface area contributed by atoms with E-state index in [4.69, 9.17) is 11.6 Å². The molecule has 3 N–H and O–H groups in total. The highest BCUT2D eigenvalue weighted by molar-refractivity contribution is 6.30. The fraction of sp³-hybridized carbons (Fsp3) is 0.250. The lowest BCUT2D eigenvalue weighted by molar-refractivity contribution is 0.0566. The maximum atomic E-state index is 10.8. The van der Waals surface area contributed by atoms with E-state index in [9.17, 15) is 15.3 Å². The molecule has 3 aromatic rings. The maximum Gasteiger partial charge on any atom is 0.115 e. The van der Waals surface area contributed by atoms with Crippen molar-refractivity contribution in [2.75, 3.05) is 13.2 Å². The number of aliphatic hydroxyl groups is 2. The van der Waals surface area contributed by atoms with Gasteiger partial charge in [-0.25, -0.2) is 0 Å². The molecule has 0 amide bonds. The van der Waals surface area contributed by atoms with Gasteiger partial charge >= 0.3 is 0 Å². The molecule has 0 unspecified atom stereocenters. The predicted octanol–water partition coefficient (Wildman–Crippen LogP) is 4.18. The highest BCUT2D eigenvalue weighted by atomic mass is 35.5. The summed E-state index contributed by atoms with van der Waals surface area (Å²) in [5.74, 6) is 0.215. The molecule has 0 aromatic heterocycles. The van der Waals surface area contributed by atoms with E-state index in [2.05, 4.69) is 4.90 Å². The topological polar surface area (TPSA) is 63.9 Å². The minimum atomic E-state index is -0.730. The second-order valence-electron chi connectivity index (χ2n) is 7.19. The van der Waals surface area contributed by atoms with Crippen molar-refractivity contribution in [2.45, 2.75) is 25.1 Å². The Balaban J connectivity index is 1.81. The molecule has 0 aliphatic heterocycles. The monoisotopic (exact) mass is 411 g/mol. The molecule has 5 heteroatoms. The first-order valence-electron chi connectivity index (χ1n) is 9.65. The quantitative estimate of drug-likeness (QED) is 0.494. The zero-order valence-electron chi connectivity index (χ0n) is 16.2. The van der Waals surface area contributed by atoms with Crippen LogP contribution in [0, 0.1) is 0 Å². The van der Waals surface area contributed by atoms with E-state index in [1.54, 1.807) is 24.3 Å². The third-order valence-electron chi connectivity index (χ3n) is 5.00. The van der Waals surface area contributed by atoms with Gasteiger partial charge in [0.15, 0.2) is 0 Å². The fourth-order valence-corrected chi connectivity index (χ4v) is 3.61. The maximum absolute atomic E-state index is 10.8. The van der Waals surface area contributed by atoms with Gasteiger partial charge in [-0.15, -0.1) is 0 Å². The van der Waals surface area contributed by atoms with Crippen LogP contribution in [0.5, 0.6) is 5.75 Å².